The predicted molar refractivity (Wildman–Crippen MR) is 70.8 cm³/mol. The molecule has 1 aliphatic rings. The second-order valence-electron chi connectivity index (χ2n) is 3.83. The maximum absolute atomic E-state index is 5.75. The molecule has 0 aliphatic carbocycles. The van der Waals surface area contributed by atoms with Crippen molar-refractivity contribution in [3.05, 3.63) is 39.8 Å². The van der Waals surface area contributed by atoms with Crippen molar-refractivity contribution in [2.24, 2.45) is 0 Å². The van der Waals surface area contributed by atoms with Crippen molar-refractivity contribution in [1.82, 2.24) is 0 Å². The van der Waals surface area contributed by atoms with E-state index in [0.29, 0.717) is 6.61 Å². The first-order chi connectivity index (χ1) is 7.65. The van der Waals surface area contributed by atoms with Crippen LogP contribution in [0.5, 0.6) is 5.75 Å². The van der Waals surface area contributed by atoms with Crippen LogP contribution in [0.2, 0.25) is 0 Å². The number of epoxide rings is 1. The fraction of sp³-hybridized carbons (Fsp3) is 0.333. The third-order valence-corrected chi connectivity index (χ3v) is 3.60. The van der Waals surface area contributed by atoms with Gasteiger partial charge in [-0.05, 0) is 40.5 Å². The van der Waals surface area contributed by atoms with Gasteiger partial charge in [0, 0.05) is 4.47 Å². The Morgan fingerprint density at radius 1 is 1.50 bits per heavy atom. The first kappa shape index (κ1) is 12.1. The van der Waals surface area contributed by atoms with E-state index in [9.17, 15) is 0 Å². The van der Waals surface area contributed by atoms with Gasteiger partial charge in [0.1, 0.15) is 18.0 Å². The summed E-state index contributed by atoms with van der Waals surface area (Å²) in [7, 11) is 0. The molecular weight excluding hydrogens is 336 g/mol. The minimum Gasteiger partial charge on any atom is -0.489 e. The van der Waals surface area contributed by atoms with E-state index < -0.39 is 0 Å². The molecule has 1 aromatic rings. The minimum atomic E-state index is -0.135. The number of halogens is 2. The lowest BCUT2D eigenvalue weighted by Crippen LogP contribution is -2.20. The highest BCUT2D eigenvalue weighted by molar-refractivity contribution is 9.11. The summed E-state index contributed by atoms with van der Waals surface area (Å²) in [5.74, 6) is 0.827. The third kappa shape index (κ3) is 2.87. The van der Waals surface area contributed by atoms with Crippen molar-refractivity contribution in [3.8, 4) is 5.75 Å². The molecule has 1 fully saturated rings. The van der Waals surface area contributed by atoms with Crippen LogP contribution in [-0.4, -0.2) is 18.8 Å². The van der Waals surface area contributed by atoms with E-state index >= 15 is 0 Å². The SMILES string of the molecule is C=CCC1(COc2cc(Br)ccc2Br)CO1. The number of hydrogen-bond donors (Lipinski definition) is 0. The van der Waals surface area contributed by atoms with Crippen LogP contribution in [0.1, 0.15) is 6.42 Å². The predicted octanol–water partition coefficient (Wildman–Crippen LogP) is 3.94. The summed E-state index contributed by atoms with van der Waals surface area (Å²) in [6.07, 6.45) is 2.70. The zero-order valence-electron chi connectivity index (χ0n) is 8.71. The zero-order valence-corrected chi connectivity index (χ0v) is 11.9. The van der Waals surface area contributed by atoms with Gasteiger partial charge in [-0.15, -0.1) is 6.58 Å². The molecule has 1 aromatic carbocycles. The summed E-state index contributed by atoms with van der Waals surface area (Å²) in [6.45, 7) is 5.04. The Labute approximate surface area is 112 Å². The first-order valence-electron chi connectivity index (χ1n) is 4.98. The summed E-state index contributed by atoms with van der Waals surface area (Å²) in [6, 6.07) is 5.85. The van der Waals surface area contributed by atoms with Crippen LogP contribution in [0.3, 0.4) is 0 Å². The summed E-state index contributed by atoms with van der Waals surface area (Å²) in [5, 5.41) is 0. The van der Waals surface area contributed by atoms with Gasteiger partial charge in [0.25, 0.3) is 0 Å². The molecule has 2 rings (SSSR count). The molecule has 0 radical (unpaired) electrons. The quantitative estimate of drug-likeness (QED) is 0.594. The van der Waals surface area contributed by atoms with Crippen LogP contribution >= 0.6 is 31.9 Å². The Balaban J connectivity index is 1.99. The number of rotatable bonds is 5. The average Bonchev–Trinajstić information content (AvgIpc) is 3.01. The molecule has 0 saturated carbocycles. The number of ether oxygens (including phenoxy) is 2. The lowest BCUT2D eigenvalue weighted by Gasteiger charge is -2.12. The molecule has 2 nitrogen and oxygen atoms in total. The van der Waals surface area contributed by atoms with Crippen molar-refractivity contribution >= 4 is 31.9 Å². The van der Waals surface area contributed by atoms with Crippen LogP contribution in [0.25, 0.3) is 0 Å². The Kier molecular flexibility index (Phi) is 3.72. The highest BCUT2D eigenvalue weighted by atomic mass is 79.9. The van der Waals surface area contributed by atoms with Gasteiger partial charge >= 0.3 is 0 Å². The highest BCUT2D eigenvalue weighted by Crippen LogP contribution is 2.34. The van der Waals surface area contributed by atoms with Gasteiger partial charge in [0.2, 0.25) is 0 Å². The molecule has 1 unspecified atom stereocenters. The van der Waals surface area contributed by atoms with Crippen molar-refractivity contribution in [3.63, 3.8) is 0 Å². The molecule has 4 heteroatoms. The summed E-state index contributed by atoms with van der Waals surface area (Å²) < 4.78 is 13.1. The van der Waals surface area contributed by atoms with Crippen LogP contribution in [0, 0.1) is 0 Å². The van der Waals surface area contributed by atoms with Gasteiger partial charge in [0.15, 0.2) is 0 Å². The van der Waals surface area contributed by atoms with Gasteiger partial charge in [-0.1, -0.05) is 22.0 Å². The van der Waals surface area contributed by atoms with Gasteiger partial charge < -0.3 is 9.47 Å². The van der Waals surface area contributed by atoms with E-state index in [1.807, 2.05) is 24.3 Å². The molecule has 0 bridgehead atoms. The van der Waals surface area contributed by atoms with E-state index in [2.05, 4.69) is 38.4 Å². The molecule has 0 spiro atoms. The summed E-state index contributed by atoms with van der Waals surface area (Å²) in [5.41, 5.74) is -0.135. The van der Waals surface area contributed by atoms with E-state index in [1.165, 1.54) is 0 Å². The van der Waals surface area contributed by atoms with Gasteiger partial charge in [-0.2, -0.15) is 0 Å². The van der Waals surface area contributed by atoms with Gasteiger partial charge in [-0.25, -0.2) is 0 Å². The molecule has 16 heavy (non-hydrogen) atoms. The Morgan fingerprint density at radius 2 is 2.25 bits per heavy atom. The lowest BCUT2D eigenvalue weighted by molar-refractivity contribution is 0.190. The number of benzene rings is 1. The van der Waals surface area contributed by atoms with Crippen molar-refractivity contribution in [1.29, 1.82) is 0 Å². The first-order valence-corrected chi connectivity index (χ1v) is 6.56. The fourth-order valence-electron chi connectivity index (χ4n) is 1.42. The topological polar surface area (TPSA) is 21.8 Å². The number of hydrogen-bond acceptors (Lipinski definition) is 2. The molecule has 1 saturated heterocycles. The summed E-state index contributed by atoms with van der Waals surface area (Å²) in [4.78, 5) is 0. The Hall–Kier alpha value is -0.320. The molecule has 0 aromatic heterocycles. The smallest absolute Gasteiger partial charge is 0.134 e. The van der Waals surface area contributed by atoms with Crippen molar-refractivity contribution in [2.45, 2.75) is 12.0 Å². The second kappa shape index (κ2) is 4.90. The molecule has 1 atom stereocenters. The zero-order chi connectivity index (χ0) is 11.6. The van der Waals surface area contributed by atoms with Crippen LogP contribution in [0.15, 0.2) is 39.8 Å². The van der Waals surface area contributed by atoms with Crippen LogP contribution in [-0.2, 0) is 4.74 Å². The molecule has 86 valence electrons. The van der Waals surface area contributed by atoms with Crippen LogP contribution < -0.4 is 4.74 Å². The van der Waals surface area contributed by atoms with Crippen LogP contribution in [0.4, 0.5) is 0 Å². The van der Waals surface area contributed by atoms with E-state index in [0.717, 1.165) is 27.7 Å². The van der Waals surface area contributed by atoms with Gasteiger partial charge in [0.05, 0.1) is 11.1 Å². The Morgan fingerprint density at radius 3 is 2.88 bits per heavy atom. The van der Waals surface area contributed by atoms with Crippen molar-refractivity contribution in [2.75, 3.05) is 13.2 Å². The standard InChI is InChI=1S/C12H12Br2O2/c1-2-5-12(8-16-12)7-15-11-6-9(13)3-4-10(11)14/h2-4,6H,1,5,7-8H2. The van der Waals surface area contributed by atoms with E-state index in [1.54, 1.807) is 0 Å². The van der Waals surface area contributed by atoms with E-state index in [-0.39, 0.29) is 5.60 Å². The molecular formula is C12H12Br2O2. The third-order valence-electron chi connectivity index (χ3n) is 2.45. The largest absolute Gasteiger partial charge is 0.489 e. The second-order valence-corrected chi connectivity index (χ2v) is 5.60. The lowest BCUT2D eigenvalue weighted by atomic mass is 10.1. The maximum Gasteiger partial charge on any atom is 0.134 e. The fourth-order valence-corrected chi connectivity index (χ4v) is 2.12. The van der Waals surface area contributed by atoms with Crippen molar-refractivity contribution < 1.29 is 9.47 Å². The van der Waals surface area contributed by atoms with Gasteiger partial charge in [-0.3, -0.25) is 0 Å². The maximum atomic E-state index is 5.75. The Bertz CT molecular complexity index is 400. The average molecular weight is 348 g/mol. The molecule has 1 heterocycles. The molecule has 0 amide bonds. The highest BCUT2D eigenvalue weighted by Gasteiger charge is 2.44. The minimum absolute atomic E-state index is 0.135. The normalized spacial score (nSPS) is 22.9. The molecule has 0 N–H and O–H groups in total. The molecule has 1 aliphatic heterocycles. The van der Waals surface area contributed by atoms with E-state index in [4.69, 9.17) is 9.47 Å². The summed E-state index contributed by atoms with van der Waals surface area (Å²) >= 11 is 6.87. The monoisotopic (exact) mass is 346 g/mol.